The maximum absolute atomic E-state index is 10.9. The summed E-state index contributed by atoms with van der Waals surface area (Å²) in [5.41, 5.74) is 11.7. The van der Waals surface area contributed by atoms with E-state index >= 15 is 0 Å². The van der Waals surface area contributed by atoms with E-state index in [0.717, 1.165) is 18.7 Å². The van der Waals surface area contributed by atoms with Crippen LogP contribution in [0.15, 0.2) is 18.3 Å². The van der Waals surface area contributed by atoms with Crippen molar-refractivity contribution in [3.63, 3.8) is 0 Å². The van der Waals surface area contributed by atoms with Gasteiger partial charge in [-0.2, -0.15) is 0 Å². The molecule has 0 spiro atoms. The van der Waals surface area contributed by atoms with Crippen LogP contribution in [0.25, 0.3) is 0 Å². The molecule has 5 heteroatoms. The van der Waals surface area contributed by atoms with Crippen molar-refractivity contribution in [1.82, 2.24) is 4.98 Å². The largest absolute Gasteiger partial charge is 0.366 e. The minimum Gasteiger partial charge on any atom is -0.366 e. The Morgan fingerprint density at radius 1 is 1.28 bits per heavy atom. The third-order valence-electron chi connectivity index (χ3n) is 3.45. The highest BCUT2D eigenvalue weighted by Crippen LogP contribution is 2.19. The predicted molar refractivity (Wildman–Crippen MR) is 71.2 cm³/mol. The molecule has 0 bridgehead atoms. The van der Waals surface area contributed by atoms with Gasteiger partial charge in [0.25, 0.3) is 0 Å². The lowest BCUT2D eigenvalue weighted by Gasteiger charge is -2.23. The van der Waals surface area contributed by atoms with Crippen molar-refractivity contribution >= 4 is 11.7 Å². The monoisotopic (exact) mass is 248 g/mol. The number of rotatable bonds is 3. The number of aromatic nitrogens is 1. The number of hydrogen-bond donors (Lipinski definition) is 3. The van der Waals surface area contributed by atoms with Gasteiger partial charge >= 0.3 is 0 Å². The lowest BCUT2D eigenvalue weighted by molar-refractivity contribution is 0.1000. The van der Waals surface area contributed by atoms with Gasteiger partial charge in [-0.15, -0.1) is 0 Å². The highest BCUT2D eigenvalue weighted by molar-refractivity contribution is 5.92. The molecular formula is C13H20N4O. The van der Waals surface area contributed by atoms with Crippen molar-refractivity contribution in [2.24, 2.45) is 11.5 Å². The van der Waals surface area contributed by atoms with E-state index in [1.165, 1.54) is 25.5 Å². The van der Waals surface area contributed by atoms with Crippen molar-refractivity contribution in [2.75, 3.05) is 5.32 Å². The molecule has 2 atom stereocenters. The number of primary amides is 1. The molecule has 1 saturated carbocycles. The van der Waals surface area contributed by atoms with Gasteiger partial charge in [0.1, 0.15) is 5.82 Å². The summed E-state index contributed by atoms with van der Waals surface area (Å²) in [7, 11) is 0. The van der Waals surface area contributed by atoms with Crippen LogP contribution in [0.1, 0.15) is 42.5 Å². The van der Waals surface area contributed by atoms with Gasteiger partial charge in [-0.05, 0) is 25.0 Å². The Kier molecular flexibility index (Phi) is 4.15. The first kappa shape index (κ1) is 12.8. The maximum atomic E-state index is 10.9. The Morgan fingerprint density at radius 3 is 2.72 bits per heavy atom. The van der Waals surface area contributed by atoms with E-state index < -0.39 is 5.91 Å². The zero-order valence-electron chi connectivity index (χ0n) is 10.4. The van der Waals surface area contributed by atoms with Gasteiger partial charge in [-0.25, -0.2) is 4.98 Å². The van der Waals surface area contributed by atoms with Crippen LogP contribution in [-0.2, 0) is 0 Å². The van der Waals surface area contributed by atoms with Gasteiger partial charge in [-0.3, -0.25) is 4.79 Å². The molecule has 0 saturated heterocycles. The number of nitrogens with one attached hydrogen (secondary N) is 1. The molecule has 1 fully saturated rings. The molecule has 1 amide bonds. The van der Waals surface area contributed by atoms with Crippen molar-refractivity contribution in [3.05, 3.63) is 23.9 Å². The number of pyridine rings is 1. The quantitative estimate of drug-likeness (QED) is 0.702. The second-order valence-electron chi connectivity index (χ2n) is 4.85. The molecule has 1 aliphatic rings. The van der Waals surface area contributed by atoms with Crippen LogP contribution < -0.4 is 16.8 Å². The van der Waals surface area contributed by atoms with Gasteiger partial charge < -0.3 is 16.8 Å². The summed E-state index contributed by atoms with van der Waals surface area (Å²) >= 11 is 0. The highest BCUT2D eigenvalue weighted by Gasteiger charge is 2.20. The first-order valence-electron chi connectivity index (χ1n) is 6.45. The van der Waals surface area contributed by atoms with Crippen molar-refractivity contribution < 1.29 is 4.79 Å². The predicted octanol–water partition coefficient (Wildman–Crippen LogP) is 1.25. The molecule has 1 aliphatic carbocycles. The third-order valence-corrected chi connectivity index (χ3v) is 3.45. The number of amides is 1. The summed E-state index contributed by atoms with van der Waals surface area (Å²) in [6, 6.07) is 3.89. The zero-order chi connectivity index (χ0) is 13.0. The molecule has 1 aromatic heterocycles. The maximum Gasteiger partial charge on any atom is 0.250 e. The summed E-state index contributed by atoms with van der Waals surface area (Å²) in [6.07, 6.45) is 7.27. The second-order valence-corrected chi connectivity index (χ2v) is 4.85. The van der Waals surface area contributed by atoms with Crippen LogP contribution >= 0.6 is 0 Å². The van der Waals surface area contributed by atoms with Crippen LogP contribution in [0.4, 0.5) is 5.82 Å². The topological polar surface area (TPSA) is 94.0 Å². The average molecular weight is 248 g/mol. The normalized spacial score (nSPS) is 24.3. The minimum absolute atomic E-state index is 0.171. The molecule has 2 unspecified atom stereocenters. The molecule has 0 radical (unpaired) electrons. The number of nitrogens with zero attached hydrogens (tertiary/aromatic N) is 1. The van der Waals surface area contributed by atoms with Crippen LogP contribution in [-0.4, -0.2) is 23.0 Å². The summed E-state index contributed by atoms with van der Waals surface area (Å²) in [5.74, 6) is 0.294. The molecule has 98 valence electrons. The molecule has 1 heterocycles. The Bertz CT molecular complexity index is 404. The van der Waals surface area contributed by atoms with Gasteiger partial charge in [0, 0.05) is 18.3 Å². The van der Waals surface area contributed by atoms with Crippen LogP contribution in [0, 0.1) is 0 Å². The average Bonchev–Trinajstić information content (AvgIpc) is 2.56. The van der Waals surface area contributed by atoms with Crippen LogP contribution in [0.3, 0.4) is 0 Å². The molecule has 0 aromatic carbocycles. The van der Waals surface area contributed by atoms with Gasteiger partial charge in [0.15, 0.2) is 0 Å². The van der Waals surface area contributed by atoms with Crippen LogP contribution in [0.2, 0.25) is 0 Å². The minimum atomic E-state index is -0.458. The Hall–Kier alpha value is -1.62. The lowest BCUT2D eigenvalue weighted by atomic mass is 10.0. The molecule has 1 aromatic rings. The zero-order valence-corrected chi connectivity index (χ0v) is 10.4. The van der Waals surface area contributed by atoms with E-state index in [-0.39, 0.29) is 12.1 Å². The molecule has 2 rings (SSSR count). The first-order valence-corrected chi connectivity index (χ1v) is 6.45. The second kappa shape index (κ2) is 5.82. The SMILES string of the molecule is NC(=O)c1ccc(NC2CCCCCC2N)nc1. The van der Waals surface area contributed by atoms with E-state index in [1.807, 2.05) is 0 Å². The molecule has 5 nitrogen and oxygen atoms in total. The number of nitrogens with two attached hydrogens (primary N) is 2. The Labute approximate surface area is 107 Å². The lowest BCUT2D eigenvalue weighted by Crippen LogP contribution is -2.39. The summed E-state index contributed by atoms with van der Waals surface area (Å²) in [5, 5.41) is 3.35. The van der Waals surface area contributed by atoms with Crippen molar-refractivity contribution in [2.45, 2.75) is 44.2 Å². The third kappa shape index (κ3) is 3.20. The highest BCUT2D eigenvalue weighted by atomic mass is 16.1. The fourth-order valence-corrected chi connectivity index (χ4v) is 2.33. The summed E-state index contributed by atoms with van der Waals surface area (Å²) in [6.45, 7) is 0. The Morgan fingerprint density at radius 2 is 2.06 bits per heavy atom. The number of hydrogen-bond acceptors (Lipinski definition) is 4. The fourth-order valence-electron chi connectivity index (χ4n) is 2.33. The molecule has 5 N–H and O–H groups in total. The van der Waals surface area contributed by atoms with Crippen LogP contribution in [0.5, 0.6) is 0 Å². The van der Waals surface area contributed by atoms with E-state index in [0.29, 0.717) is 5.56 Å². The van der Waals surface area contributed by atoms with E-state index in [4.69, 9.17) is 11.5 Å². The number of carbonyl (C=O) groups is 1. The number of anilines is 1. The van der Waals surface area contributed by atoms with Crippen molar-refractivity contribution in [3.8, 4) is 0 Å². The summed E-state index contributed by atoms with van der Waals surface area (Å²) in [4.78, 5) is 15.1. The van der Waals surface area contributed by atoms with Gasteiger partial charge in [0.2, 0.25) is 5.91 Å². The van der Waals surface area contributed by atoms with Gasteiger partial charge in [-0.1, -0.05) is 19.3 Å². The molecular weight excluding hydrogens is 228 g/mol. The van der Waals surface area contributed by atoms with Gasteiger partial charge in [0.05, 0.1) is 5.56 Å². The summed E-state index contributed by atoms with van der Waals surface area (Å²) < 4.78 is 0. The molecule has 18 heavy (non-hydrogen) atoms. The Balaban J connectivity index is 2.01. The molecule has 0 aliphatic heterocycles. The standard InChI is InChI=1S/C13H20N4O/c14-10-4-2-1-3-5-11(10)17-12-7-6-9(8-16-12)13(15)18/h6-8,10-11H,1-5,14H2,(H2,15,18)(H,16,17). The smallest absolute Gasteiger partial charge is 0.250 e. The van der Waals surface area contributed by atoms with E-state index in [1.54, 1.807) is 12.1 Å². The van der Waals surface area contributed by atoms with E-state index in [2.05, 4.69) is 10.3 Å². The fraction of sp³-hybridized carbons (Fsp3) is 0.538. The van der Waals surface area contributed by atoms with E-state index in [9.17, 15) is 4.79 Å². The number of carbonyl (C=O) groups excluding carboxylic acids is 1. The first-order chi connectivity index (χ1) is 8.66. The van der Waals surface area contributed by atoms with Crippen molar-refractivity contribution in [1.29, 1.82) is 0 Å².